The molecule has 0 aromatic carbocycles. The van der Waals surface area contributed by atoms with E-state index in [0.29, 0.717) is 6.04 Å². The summed E-state index contributed by atoms with van der Waals surface area (Å²) in [5.41, 5.74) is 2.07. The molecule has 0 bridgehead atoms. The number of ether oxygens (including phenoxy) is 1. The zero-order valence-electron chi connectivity index (χ0n) is 12.6. The van der Waals surface area contributed by atoms with Gasteiger partial charge in [-0.1, -0.05) is 27.2 Å². The van der Waals surface area contributed by atoms with Crippen molar-refractivity contribution in [3.8, 4) is 5.75 Å². The topological polar surface area (TPSA) is 39.1 Å². The lowest BCUT2D eigenvalue weighted by Crippen LogP contribution is -2.35. The van der Waals surface area contributed by atoms with Crippen LogP contribution in [0.5, 0.6) is 5.75 Å². The van der Waals surface area contributed by atoms with E-state index in [-0.39, 0.29) is 6.10 Å². The van der Waals surface area contributed by atoms with Gasteiger partial charge in [0.2, 0.25) is 0 Å². The van der Waals surface area contributed by atoms with Gasteiger partial charge >= 0.3 is 0 Å². The Morgan fingerprint density at radius 2 is 2.00 bits per heavy atom. The first-order valence-electron chi connectivity index (χ1n) is 6.85. The molecule has 104 valence electrons. The molecule has 0 aliphatic carbocycles. The Balaban J connectivity index is 2.70. The maximum atomic E-state index is 6.14. The van der Waals surface area contributed by atoms with Crippen LogP contribution in [0.4, 0.5) is 0 Å². The molecule has 1 N–H and O–H groups in total. The second kappa shape index (κ2) is 6.78. The number of hydrogen-bond acceptors (Lipinski definition) is 3. The second-order valence-corrected chi connectivity index (χ2v) is 5.22. The van der Waals surface area contributed by atoms with E-state index in [2.05, 4.69) is 31.2 Å². The zero-order chi connectivity index (χ0) is 13.7. The summed E-state index contributed by atoms with van der Waals surface area (Å²) in [6, 6.07) is 0.490. The largest absolute Gasteiger partial charge is 0.485 e. The number of nitrogens with zero attached hydrogens (tertiary/aromatic N) is 2. The first-order valence-corrected chi connectivity index (χ1v) is 6.85. The Kier molecular flexibility index (Phi) is 5.66. The molecule has 0 aliphatic heterocycles. The molecule has 1 heterocycles. The van der Waals surface area contributed by atoms with Gasteiger partial charge < -0.3 is 10.1 Å². The molecule has 4 heteroatoms. The molecule has 0 saturated heterocycles. The number of hydrogen-bond donors (Lipinski definition) is 1. The summed E-state index contributed by atoms with van der Waals surface area (Å²) < 4.78 is 8.02. The molecule has 1 aromatic heterocycles. The molecule has 0 spiro atoms. The highest BCUT2D eigenvalue weighted by molar-refractivity contribution is 5.32. The molecular weight excluding hydrogens is 226 g/mol. The Morgan fingerprint density at radius 3 is 2.44 bits per heavy atom. The van der Waals surface area contributed by atoms with Gasteiger partial charge in [0, 0.05) is 19.6 Å². The van der Waals surface area contributed by atoms with Crippen LogP contribution in [0.1, 0.15) is 45.0 Å². The molecule has 0 radical (unpaired) electrons. The highest BCUT2D eigenvalue weighted by Crippen LogP contribution is 2.23. The van der Waals surface area contributed by atoms with E-state index in [9.17, 15) is 0 Å². The Morgan fingerprint density at radius 1 is 1.33 bits per heavy atom. The predicted molar refractivity (Wildman–Crippen MR) is 75.1 cm³/mol. The Hall–Kier alpha value is -1.03. The Labute approximate surface area is 111 Å². The summed E-state index contributed by atoms with van der Waals surface area (Å²) in [6.07, 6.45) is 2.41. The quantitative estimate of drug-likeness (QED) is 0.812. The van der Waals surface area contributed by atoms with Crippen molar-refractivity contribution >= 4 is 0 Å². The predicted octanol–water partition coefficient (Wildman–Crippen LogP) is 2.58. The van der Waals surface area contributed by atoms with Gasteiger partial charge in [0.1, 0.15) is 11.8 Å². The summed E-state index contributed by atoms with van der Waals surface area (Å²) in [7, 11) is 1.95. The fourth-order valence-electron chi connectivity index (χ4n) is 1.98. The summed E-state index contributed by atoms with van der Waals surface area (Å²) in [4.78, 5) is 0. The lowest BCUT2D eigenvalue weighted by atomic mass is 10.2. The maximum absolute atomic E-state index is 6.14. The van der Waals surface area contributed by atoms with Gasteiger partial charge in [-0.3, -0.25) is 4.68 Å². The fraction of sp³-hybridized carbons (Fsp3) is 0.786. The van der Waals surface area contributed by atoms with Gasteiger partial charge in [0.15, 0.2) is 5.75 Å². The zero-order valence-corrected chi connectivity index (χ0v) is 12.6. The van der Waals surface area contributed by atoms with Gasteiger partial charge in [-0.15, -0.1) is 0 Å². The van der Waals surface area contributed by atoms with Gasteiger partial charge in [0.25, 0.3) is 0 Å². The average Bonchev–Trinajstić information content (AvgIpc) is 2.53. The van der Waals surface area contributed by atoms with Gasteiger partial charge in [-0.05, 0) is 20.3 Å². The van der Waals surface area contributed by atoms with Crippen molar-refractivity contribution in [2.45, 2.75) is 59.6 Å². The van der Waals surface area contributed by atoms with E-state index >= 15 is 0 Å². The average molecular weight is 253 g/mol. The van der Waals surface area contributed by atoms with E-state index in [1.807, 2.05) is 25.6 Å². The van der Waals surface area contributed by atoms with Crippen LogP contribution in [0, 0.1) is 13.8 Å². The number of rotatable bonds is 7. The van der Waals surface area contributed by atoms with E-state index in [1.165, 1.54) is 0 Å². The molecule has 4 nitrogen and oxygen atoms in total. The molecule has 0 fully saturated rings. The molecule has 1 rings (SSSR count). The van der Waals surface area contributed by atoms with Crippen molar-refractivity contribution in [3.05, 3.63) is 11.4 Å². The SMILES string of the molecule is CCCC(CNC(C)C)Oc1c(C)nn(C)c1C. The van der Waals surface area contributed by atoms with Crippen molar-refractivity contribution in [1.29, 1.82) is 0 Å². The number of aryl methyl sites for hydroxylation is 2. The molecule has 18 heavy (non-hydrogen) atoms. The standard InChI is InChI=1S/C14H27N3O/c1-7-8-13(9-15-10(2)3)18-14-11(4)16-17(6)12(14)5/h10,13,15H,7-9H2,1-6H3. The normalized spacial score (nSPS) is 13.1. The van der Waals surface area contributed by atoms with Crippen molar-refractivity contribution in [1.82, 2.24) is 15.1 Å². The van der Waals surface area contributed by atoms with Crippen LogP contribution < -0.4 is 10.1 Å². The van der Waals surface area contributed by atoms with E-state index in [0.717, 1.165) is 36.5 Å². The minimum Gasteiger partial charge on any atom is -0.485 e. The summed E-state index contributed by atoms with van der Waals surface area (Å²) >= 11 is 0. The molecule has 1 aromatic rings. The summed E-state index contributed by atoms with van der Waals surface area (Å²) in [6.45, 7) is 11.4. The van der Waals surface area contributed by atoms with E-state index in [4.69, 9.17) is 4.74 Å². The molecule has 1 atom stereocenters. The van der Waals surface area contributed by atoms with Crippen LogP contribution in [-0.4, -0.2) is 28.5 Å². The van der Waals surface area contributed by atoms with E-state index < -0.39 is 0 Å². The fourth-order valence-corrected chi connectivity index (χ4v) is 1.98. The van der Waals surface area contributed by atoms with Crippen molar-refractivity contribution in [2.75, 3.05) is 6.54 Å². The first kappa shape index (κ1) is 15.0. The van der Waals surface area contributed by atoms with Crippen molar-refractivity contribution in [3.63, 3.8) is 0 Å². The van der Waals surface area contributed by atoms with Gasteiger partial charge in [0.05, 0.1) is 5.69 Å². The molecule has 1 unspecified atom stereocenters. The monoisotopic (exact) mass is 253 g/mol. The van der Waals surface area contributed by atoms with Gasteiger partial charge in [-0.2, -0.15) is 5.10 Å². The van der Waals surface area contributed by atoms with Crippen molar-refractivity contribution < 1.29 is 4.74 Å². The lowest BCUT2D eigenvalue weighted by molar-refractivity contribution is 0.181. The minimum atomic E-state index is 0.221. The minimum absolute atomic E-state index is 0.221. The number of nitrogens with one attached hydrogen (secondary N) is 1. The molecule has 0 saturated carbocycles. The molecular formula is C14H27N3O. The van der Waals surface area contributed by atoms with Crippen LogP contribution in [0.2, 0.25) is 0 Å². The smallest absolute Gasteiger partial charge is 0.163 e. The summed E-state index contributed by atoms with van der Waals surface area (Å²) in [5, 5.41) is 7.83. The third-order valence-corrected chi connectivity index (χ3v) is 3.09. The third-order valence-electron chi connectivity index (χ3n) is 3.09. The highest BCUT2D eigenvalue weighted by atomic mass is 16.5. The Bertz CT molecular complexity index is 371. The van der Waals surface area contributed by atoms with Crippen LogP contribution in [0.25, 0.3) is 0 Å². The molecule has 0 aliphatic rings. The van der Waals surface area contributed by atoms with Crippen LogP contribution in [0.15, 0.2) is 0 Å². The second-order valence-electron chi connectivity index (χ2n) is 5.22. The lowest BCUT2D eigenvalue weighted by Gasteiger charge is -2.20. The summed E-state index contributed by atoms with van der Waals surface area (Å²) in [5.74, 6) is 0.946. The number of aromatic nitrogens is 2. The third kappa shape index (κ3) is 4.02. The van der Waals surface area contributed by atoms with E-state index in [1.54, 1.807) is 0 Å². The molecule has 0 amide bonds. The van der Waals surface area contributed by atoms with Gasteiger partial charge in [-0.25, -0.2) is 0 Å². The van der Waals surface area contributed by atoms with Crippen LogP contribution >= 0.6 is 0 Å². The van der Waals surface area contributed by atoms with Crippen LogP contribution in [-0.2, 0) is 7.05 Å². The highest BCUT2D eigenvalue weighted by Gasteiger charge is 2.16. The van der Waals surface area contributed by atoms with Crippen molar-refractivity contribution in [2.24, 2.45) is 7.05 Å². The first-order chi connectivity index (χ1) is 8.45. The van der Waals surface area contributed by atoms with Crippen LogP contribution in [0.3, 0.4) is 0 Å². The maximum Gasteiger partial charge on any atom is 0.163 e.